The lowest BCUT2D eigenvalue weighted by Crippen LogP contribution is -2.36. The molecule has 0 amide bonds. The van der Waals surface area contributed by atoms with E-state index in [2.05, 4.69) is 30.2 Å². The molecular weight excluding hydrogens is 437 g/mol. The molecule has 1 aliphatic rings. The highest BCUT2D eigenvalue weighted by atomic mass is 19.3. The Hall–Kier alpha value is -4.22. The highest BCUT2D eigenvalue weighted by molar-refractivity contribution is 5.58. The first-order valence-corrected chi connectivity index (χ1v) is 10.1. The van der Waals surface area contributed by atoms with Gasteiger partial charge in [-0.05, 0) is 30.3 Å². The van der Waals surface area contributed by atoms with Crippen LogP contribution in [-0.4, -0.2) is 41.3 Å². The zero-order valence-corrected chi connectivity index (χ0v) is 16.9. The molecule has 5 aromatic rings. The van der Waals surface area contributed by atoms with E-state index in [1.807, 2.05) is 4.90 Å². The first-order chi connectivity index (χ1) is 16.1. The van der Waals surface area contributed by atoms with Gasteiger partial charge in [-0.25, -0.2) is 23.3 Å². The summed E-state index contributed by atoms with van der Waals surface area (Å²) >= 11 is 0. The molecule has 33 heavy (non-hydrogen) atoms. The van der Waals surface area contributed by atoms with E-state index in [-0.39, 0.29) is 17.5 Å². The third kappa shape index (κ3) is 3.22. The van der Waals surface area contributed by atoms with Gasteiger partial charge in [-0.15, -0.1) is 5.10 Å². The van der Waals surface area contributed by atoms with Crippen LogP contribution in [0.3, 0.4) is 0 Å². The lowest BCUT2D eigenvalue weighted by Gasteiger charge is -2.32. The number of H-pyrrole nitrogens is 1. The SMILES string of the molecule is Fc1ccc(-c2nnc(N3CCc4[nH]cnc4[C@@H]3c3cc4c(C(F)F)cccn4n3)o2)cn1. The maximum atomic E-state index is 13.5. The fraction of sp³-hybridized carbons (Fsp3) is 0.190. The number of imidazole rings is 1. The van der Waals surface area contributed by atoms with Crippen LogP contribution in [0.2, 0.25) is 0 Å². The van der Waals surface area contributed by atoms with Gasteiger partial charge in [0.15, 0.2) is 0 Å². The molecule has 0 aromatic carbocycles. The second kappa shape index (κ2) is 7.43. The second-order valence-electron chi connectivity index (χ2n) is 7.53. The normalized spacial score (nSPS) is 16.0. The molecule has 12 heteroatoms. The number of aromatic nitrogens is 7. The van der Waals surface area contributed by atoms with Crippen LogP contribution in [0.5, 0.6) is 0 Å². The Morgan fingerprint density at radius 2 is 2.06 bits per heavy atom. The summed E-state index contributed by atoms with van der Waals surface area (Å²) < 4.78 is 47.5. The number of hydrogen-bond donors (Lipinski definition) is 1. The number of fused-ring (bicyclic) bond motifs is 2. The van der Waals surface area contributed by atoms with Gasteiger partial charge in [0.05, 0.1) is 28.8 Å². The number of anilines is 1. The molecule has 1 aliphatic heterocycles. The molecule has 166 valence electrons. The molecule has 0 spiro atoms. The van der Waals surface area contributed by atoms with Crippen LogP contribution in [-0.2, 0) is 6.42 Å². The van der Waals surface area contributed by atoms with Crippen molar-refractivity contribution < 1.29 is 17.6 Å². The first kappa shape index (κ1) is 19.5. The summed E-state index contributed by atoms with van der Waals surface area (Å²) in [7, 11) is 0. The van der Waals surface area contributed by atoms with Crippen molar-refractivity contribution in [2.45, 2.75) is 18.9 Å². The third-order valence-corrected chi connectivity index (χ3v) is 5.63. The van der Waals surface area contributed by atoms with Gasteiger partial charge >= 0.3 is 6.01 Å². The van der Waals surface area contributed by atoms with E-state index in [4.69, 9.17) is 4.42 Å². The fourth-order valence-corrected chi connectivity index (χ4v) is 4.11. The minimum Gasteiger partial charge on any atom is -0.403 e. The van der Waals surface area contributed by atoms with Gasteiger partial charge < -0.3 is 14.3 Å². The number of alkyl halides is 2. The van der Waals surface area contributed by atoms with Crippen LogP contribution in [0.4, 0.5) is 19.2 Å². The second-order valence-corrected chi connectivity index (χ2v) is 7.53. The van der Waals surface area contributed by atoms with Gasteiger partial charge in [-0.1, -0.05) is 5.10 Å². The van der Waals surface area contributed by atoms with Crippen LogP contribution in [0.15, 0.2) is 53.5 Å². The van der Waals surface area contributed by atoms with Crippen molar-refractivity contribution in [3.63, 3.8) is 0 Å². The highest BCUT2D eigenvalue weighted by Crippen LogP contribution is 2.37. The molecule has 0 aliphatic carbocycles. The molecule has 0 unspecified atom stereocenters. The summed E-state index contributed by atoms with van der Waals surface area (Å²) in [5.74, 6) is -0.435. The van der Waals surface area contributed by atoms with Crippen LogP contribution in [0.1, 0.15) is 35.1 Å². The molecule has 1 N–H and O–H groups in total. The Morgan fingerprint density at radius 3 is 2.88 bits per heavy atom. The molecule has 0 saturated heterocycles. The van der Waals surface area contributed by atoms with E-state index < -0.39 is 18.4 Å². The zero-order chi connectivity index (χ0) is 22.5. The summed E-state index contributed by atoms with van der Waals surface area (Å²) in [4.78, 5) is 13.0. The van der Waals surface area contributed by atoms with Gasteiger partial charge in [0, 0.05) is 36.6 Å². The molecule has 6 rings (SSSR count). The topological polar surface area (TPSA) is 101 Å². The Balaban J connectivity index is 1.45. The minimum atomic E-state index is -2.63. The summed E-state index contributed by atoms with van der Waals surface area (Å²) in [6.45, 7) is 0.499. The monoisotopic (exact) mass is 452 g/mol. The first-order valence-electron chi connectivity index (χ1n) is 10.1. The van der Waals surface area contributed by atoms with Gasteiger partial charge in [0.25, 0.3) is 12.3 Å². The molecule has 0 radical (unpaired) electrons. The standard InChI is InChI=1S/C21H15F3N8O/c22-16-4-3-11(9-25-16)20-28-29-21(33-20)31-7-5-13-17(27-10-26-13)18(31)14-8-15-12(19(23)24)2-1-6-32(15)30-14/h1-4,6,8-10,18-19H,5,7H2,(H,26,27)/t18-/m0/s1. The van der Waals surface area contributed by atoms with E-state index in [9.17, 15) is 13.2 Å². The third-order valence-electron chi connectivity index (χ3n) is 5.63. The van der Waals surface area contributed by atoms with Crippen molar-refractivity contribution in [2.24, 2.45) is 0 Å². The number of halogens is 3. The predicted molar refractivity (Wildman–Crippen MR) is 109 cm³/mol. The Kier molecular flexibility index (Phi) is 4.38. The number of nitrogens with zero attached hydrogens (tertiary/aromatic N) is 7. The van der Waals surface area contributed by atoms with E-state index in [0.717, 1.165) is 5.69 Å². The molecule has 1 atom stereocenters. The van der Waals surface area contributed by atoms with E-state index >= 15 is 0 Å². The predicted octanol–water partition coefficient (Wildman–Crippen LogP) is 3.73. The van der Waals surface area contributed by atoms with Crippen molar-refractivity contribution in [3.05, 3.63) is 77.6 Å². The maximum absolute atomic E-state index is 13.5. The molecular formula is C21H15F3N8O. The van der Waals surface area contributed by atoms with Gasteiger partial charge in [0.2, 0.25) is 5.95 Å². The number of pyridine rings is 2. The van der Waals surface area contributed by atoms with Crippen LogP contribution in [0, 0.1) is 5.95 Å². The van der Waals surface area contributed by atoms with Crippen LogP contribution in [0.25, 0.3) is 17.0 Å². The summed E-state index contributed by atoms with van der Waals surface area (Å²) in [5, 5.41) is 12.8. The molecule has 9 nitrogen and oxygen atoms in total. The van der Waals surface area contributed by atoms with Crippen molar-refractivity contribution in [3.8, 4) is 11.5 Å². The summed E-state index contributed by atoms with van der Waals surface area (Å²) in [5.41, 5.74) is 2.81. The number of rotatable bonds is 4. The van der Waals surface area contributed by atoms with E-state index in [1.165, 1.54) is 35.0 Å². The minimum absolute atomic E-state index is 0.107. The van der Waals surface area contributed by atoms with Gasteiger partial charge in [-0.3, -0.25) is 0 Å². The Morgan fingerprint density at radius 1 is 1.15 bits per heavy atom. The average Bonchev–Trinajstić information content (AvgIpc) is 3.57. The molecule has 0 fully saturated rings. The fourth-order valence-electron chi connectivity index (χ4n) is 4.11. The molecule has 0 saturated carbocycles. The van der Waals surface area contributed by atoms with Crippen molar-refractivity contribution >= 4 is 11.5 Å². The molecule has 6 heterocycles. The lowest BCUT2D eigenvalue weighted by molar-refractivity contribution is 0.152. The van der Waals surface area contributed by atoms with Crippen LogP contribution < -0.4 is 4.90 Å². The largest absolute Gasteiger partial charge is 0.403 e. The Labute approximate surface area is 183 Å². The average molecular weight is 452 g/mol. The molecule has 0 bridgehead atoms. The quantitative estimate of drug-likeness (QED) is 0.415. The highest BCUT2D eigenvalue weighted by Gasteiger charge is 2.36. The number of nitrogens with one attached hydrogen (secondary N) is 1. The van der Waals surface area contributed by atoms with Crippen molar-refractivity contribution in [1.82, 2.24) is 34.8 Å². The smallest absolute Gasteiger partial charge is 0.319 e. The zero-order valence-electron chi connectivity index (χ0n) is 16.9. The molecule has 5 aromatic heterocycles. The van der Waals surface area contributed by atoms with E-state index in [0.29, 0.717) is 35.4 Å². The lowest BCUT2D eigenvalue weighted by atomic mass is 10.00. The number of aromatic amines is 1. The summed E-state index contributed by atoms with van der Waals surface area (Å²) in [6, 6.07) is 6.91. The number of hydrogen-bond acceptors (Lipinski definition) is 7. The summed E-state index contributed by atoms with van der Waals surface area (Å²) in [6.07, 6.45) is 2.52. The maximum Gasteiger partial charge on any atom is 0.319 e. The van der Waals surface area contributed by atoms with Gasteiger partial charge in [-0.2, -0.15) is 9.49 Å². The van der Waals surface area contributed by atoms with E-state index in [1.54, 1.807) is 18.6 Å². The van der Waals surface area contributed by atoms with Crippen molar-refractivity contribution in [1.29, 1.82) is 0 Å². The van der Waals surface area contributed by atoms with Gasteiger partial charge in [0.1, 0.15) is 6.04 Å². The van der Waals surface area contributed by atoms with Crippen LogP contribution >= 0.6 is 0 Å². The van der Waals surface area contributed by atoms with Crippen molar-refractivity contribution in [2.75, 3.05) is 11.4 Å². The Bertz CT molecular complexity index is 1440.